The fraction of sp³-hybridized carbons (Fsp3) is 0.929. The number of amides is 1. The van der Waals surface area contributed by atoms with Crippen molar-refractivity contribution >= 4 is 6.09 Å². The van der Waals surface area contributed by atoms with E-state index in [4.69, 9.17) is 4.74 Å². The van der Waals surface area contributed by atoms with E-state index in [1.807, 2.05) is 25.7 Å². The van der Waals surface area contributed by atoms with Crippen molar-refractivity contribution in [1.82, 2.24) is 4.90 Å². The van der Waals surface area contributed by atoms with Gasteiger partial charge in [0.1, 0.15) is 5.60 Å². The van der Waals surface area contributed by atoms with Crippen LogP contribution in [0.3, 0.4) is 0 Å². The standard InChI is InChI=1S/C14H25NO2/c1-5-14-8-6-7-11(14)9-15(10-14)12(16)17-13(2,3)4/h11H,5-10H2,1-4H3/t11-,14+/m1/s1. The third-order valence-electron chi connectivity index (χ3n) is 4.40. The second-order valence-corrected chi connectivity index (χ2v) is 6.67. The second kappa shape index (κ2) is 4.18. The molecule has 1 aliphatic carbocycles. The van der Waals surface area contributed by atoms with E-state index in [1.54, 1.807) is 0 Å². The van der Waals surface area contributed by atoms with E-state index >= 15 is 0 Å². The van der Waals surface area contributed by atoms with Crippen molar-refractivity contribution in [2.45, 2.75) is 59.0 Å². The van der Waals surface area contributed by atoms with Crippen LogP contribution in [0.4, 0.5) is 4.79 Å². The Morgan fingerprint density at radius 2 is 2.18 bits per heavy atom. The molecule has 1 heterocycles. The first-order valence-corrected chi connectivity index (χ1v) is 6.84. The molecule has 1 saturated heterocycles. The minimum atomic E-state index is -0.381. The van der Waals surface area contributed by atoms with Crippen LogP contribution in [0.25, 0.3) is 0 Å². The quantitative estimate of drug-likeness (QED) is 0.701. The number of likely N-dealkylation sites (tertiary alicyclic amines) is 1. The highest BCUT2D eigenvalue weighted by atomic mass is 16.6. The first-order valence-electron chi connectivity index (χ1n) is 6.84. The molecule has 0 unspecified atom stereocenters. The average Bonchev–Trinajstić information content (AvgIpc) is 2.70. The van der Waals surface area contributed by atoms with Crippen LogP contribution in [-0.4, -0.2) is 29.7 Å². The lowest BCUT2D eigenvalue weighted by Crippen LogP contribution is -2.36. The van der Waals surface area contributed by atoms with Gasteiger partial charge >= 0.3 is 6.09 Å². The zero-order valence-corrected chi connectivity index (χ0v) is 11.6. The zero-order valence-electron chi connectivity index (χ0n) is 11.6. The maximum Gasteiger partial charge on any atom is 0.410 e. The molecule has 98 valence electrons. The molecule has 1 amide bonds. The Hall–Kier alpha value is -0.730. The van der Waals surface area contributed by atoms with E-state index in [1.165, 1.54) is 25.7 Å². The van der Waals surface area contributed by atoms with Crippen molar-refractivity contribution in [2.75, 3.05) is 13.1 Å². The Bertz CT molecular complexity index is 308. The number of hydrogen-bond donors (Lipinski definition) is 0. The first kappa shape index (κ1) is 12.7. The van der Waals surface area contributed by atoms with Gasteiger partial charge in [0.15, 0.2) is 0 Å². The lowest BCUT2D eigenvalue weighted by atomic mass is 9.78. The minimum Gasteiger partial charge on any atom is -0.444 e. The molecular weight excluding hydrogens is 214 g/mol. The normalized spacial score (nSPS) is 32.7. The van der Waals surface area contributed by atoms with Crippen LogP contribution in [0.1, 0.15) is 53.4 Å². The molecule has 2 aliphatic rings. The molecule has 17 heavy (non-hydrogen) atoms. The fourth-order valence-corrected chi connectivity index (χ4v) is 3.46. The molecule has 0 aromatic carbocycles. The smallest absolute Gasteiger partial charge is 0.410 e. The predicted octanol–water partition coefficient (Wildman–Crippen LogP) is 3.43. The Morgan fingerprint density at radius 3 is 2.71 bits per heavy atom. The van der Waals surface area contributed by atoms with Crippen molar-refractivity contribution in [2.24, 2.45) is 11.3 Å². The van der Waals surface area contributed by atoms with Gasteiger partial charge in [-0.2, -0.15) is 0 Å². The highest BCUT2D eigenvalue weighted by molar-refractivity contribution is 5.68. The summed E-state index contributed by atoms with van der Waals surface area (Å²) in [6.45, 7) is 9.86. The number of fused-ring (bicyclic) bond motifs is 1. The van der Waals surface area contributed by atoms with Gasteiger partial charge in [0, 0.05) is 13.1 Å². The van der Waals surface area contributed by atoms with Gasteiger partial charge in [-0.05, 0) is 51.4 Å². The van der Waals surface area contributed by atoms with Crippen LogP contribution in [0.5, 0.6) is 0 Å². The van der Waals surface area contributed by atoms with Crippen LogP contribution < -0.4 is 0 Å². The number of ether oxygens (including phenoxy) is 1. The van der Waals surface area contributed by atoms with Gasteiger partial charge in [-0.15, -0.1) is 0 Å². The summed E-state index contributed by atoms with van der Waals surface area (Å²) >= 11 is 0. The molecule has 0 aromatic rings. The largest absolute Gasteiger partial charge is 0.444 e. The monoisotopic (exact) mass is 239 g/mol. The SMILES string of the molecule is CC[C@@]12CCC[C@@H]1CN(C(=O)OC(C)(C)C)C2. The lowest BCUT2D eigenvalue weighted by molar-refractivity contribution is 0.0267. The molecule has 2 atom stereocenters. The summed E-state index contributed by atoms with van der Waals surface area (Å²) in [5.74, 6) is 0.708. The van der Waals surface area contributed by atoms with Gasteiger partial charge in [0.05, 0.1) is 0 Å². The summed E-state index contributed by atoms with van der Waals surface area (Å²) in [5, 5.41) is 0. The third kappa shape index (κ3) is 2.43. The minimum absolute atomic E-state index is 0.125. The van der Waals surface area contributed by atoms with Crippen LogP contribution in [0, 0.1) is 11.3 Å². The number of carbonyl (C=O) groups excluding carboxylic acids is 1. The van der Waals surface area contributed by atoms with Gasteiger partial charge in [-0.25, -0.2) is 4.79 Å². The molecule has 0 N–H and O–H groups in total. The highest BCUT2D eigenvalue weighted by Gasteiger charge is 2.49. The molecule has 0 radical (unpaired) electrons. The van der Waals surface area contributed by atoms with E-state index in [-0.39, 0.29) is 11.7 Å². The predicted molar refractivity (Wildman–Crippen MR) is 67.9 cm³/mol. The van der Waals surface area contributed by atoms with Gasteiger partial charge in [0.2, 0.25) is 0 Å². The Balaban J connectivity index is 2.00. The molecule has 1 aliphatic heterocycles. The molecule has 0 aromatic heterocycles. The molecule has 2 fully saturated rings. The molecule has 3 nitrogen and oxygen atoms in total. The highest BCUT2D eigenvalue weighted by Crippen LogP contribution is 2.50. The van der Waals surface area contributed by atoms with Crippen LogP contribution in [0.2, 0.25) is 0 Å². The van der Waals surface area contributed by atoms with E-state index in [9.17, 15) is 4.79 Å². The summed E-state index contributed by atoms with van der Waals surface area (Å²) < 4.78 is 5.46. The number of hydrogen-bond acceptors (Lipinski definition) is 2. The Morgan fingerprint density at radius 1 is 1.47 bits per heavy atom. The summed E-state index contributed by atoms with van der Waals surface area (Å²) in [6, 6.07) is 0. The lowest BCUT2D eigenvalue weighted by Gasteiger charge is -2.28. The Labute approximate surface area is 105 Å². The molecular formula is C14H25NO2. The first-order chi connectivity index (χ1) is 7.86. The number of carbonyl (C=O) groups is 1. The summed E-state index contributed by atoms with van der Waals surface area (Å²) in [5.41, 5.74) is 0.0189. The summed E-state index contributed by atoms with van der Waals surface area (Å²) in [6.07, 6.45) is 4.97. The van der Waals surface area contributed by atoms with Crippen LogP contribution in [-0.2, 0) is 4.74 Å². The van der Waals surface area contributed by atoms with Crippen molar-refractivity contribution in [1.29, 1.82) is 0 Å². The molecule has 3 heteroatoms. The third-order valence-corrected chi connectivity index (χ3v) is 4.40. The molecule has 2 rings (SSSR count). The van der Waals surface area contributed by atoms with E-state index in [0.717, 1.165) is 13.1 Å². The van der Waals surface area contributed by atoms with Crippen LogP contribution in [0.15, 0.2) is 0 Å². The van der Waals surface area contributed by atoms with Gasteiger partial charge in [0.25, 0.3) is 0 Å². The van der Waals surface area contributed by atoms with E-state index < -0.39 is 0 Å². The average molecular weight is 239 g/mol. The van der Waals surface area contributed by atoms with Crippen molar-refractivity contribution < 1.29 is 9.53 Å². The van der Waals surface area contributed by atoms with Gasteiger partial charge < -0.3 is 9.64 Å². The maximum atomic E-state index is 12.1. The summed E-state index contributed by atoms with van der Waals surface area (Å²) in [7, 11) is 0. The number of rotatable bonds is 1. The zero-order chi connectivity index (χ0) is 12.7. The van der Waals surface area contributed by atoms with E-state index in [2.05, 4.69) is 6.92 Å². The fourth-order valence-electron chi connectivity index (χ4n) is 3.46. The molecule has 0 bridgehead atoms. The summed E-state index contributed by atoms with van der Waals surface area (Å²) in [4.78, 5) is 14.0. The molecule has 0 spiro atoms. The van der Waals surface area contributed by atoms with Crippen molar-refractivity contribution in [3.63, 3.8) is 0 Å². The maximum absolute atomic E-state index is 12.1. The van der Waals surface area contributed by atoms with Crippen molar-refractivity contribution in [3.8, 4) is 0 Å². The molecule has 1 saturated carbocycles. The van der Waals surface area contributed by atoms with E-state index in [0.29, 0.717) is 11.3 Å². The van der Waals surface area contributed by atoms with Crippen molar-refractivity contribution in [3.05, 3.63) is 0 Å². The number of nitrogens with zero attached hydrogens (tertiary/aromatic N) is 1. The van der Waals surface area contributed by atoms with Gasteiger partial charge in [-0.3, -0.25) is 0 Å². The second-order valence-electron chi connectivity index (χ2n) is 6.67. The Kier molecular flexibility index (Phi) is 3.13. The topological polar surface area (TPSA) is 29.5 Å². The van der Waals surface area contributed by atoms with Gasteiger partial charge in [-0.1, -0.05) is 13.3 Å². The van der Waals surface area contributed by atoms with Crippen LogP contribution >= 0.6 is 0 Å².